The highest BCUT2D eigenvalue weighted by Gasteiger charge is 2.26. The third-order valence-corrected chi connectivity index (χ3v) is 2.06. The van der Waals surface area contributed by atoms with E-state index in [2.05, 4.69) is 10.0 Å². The van der Waals surface area contributed by atoms with Crippen LogP contribution in [0.2, 0.25) is 0 Å². The van der Waals surface area contributed by atoms with Crippen LogP contribution in [0.4, 0.5) is 0 Å². The van der Waals surface area contributed by atoms with Crippen LogP contribution in [-0.2, 0) is 11.2 Å². The number of nitrogens with zero attached hydrogens (tertiary/aromatic N) is 3. The first kappa shape index (κ1) is 8.59. The lowest BCUT2D eigenvalue weighted by molar-refractivity contribution is -0.136. The first-order chi connectivity index (χ1) is 6.81. The first-order valence-electron chi connectivity index (χ1n) is 4.15. The molecule has 5 heteroatoms. The van der Waals surface area contributed by atoms with Crippen LogP contribution >= 0.6 is 0 Å². The van der Waals surface area contributed by atoms with Crippen LogP contribution in [0.5, 0.6) is 5.75 Å². The van der Waals surface area contributed by atoms with Gasteiger partial charge in [-0.25, -0.2) is 0 Å². The Balaban J connectivity index is 2.35. The van der Waals surface area contributed by atoms with Crippen LogP contribution in [0, 0.1) is 0 Å². The highest BCUT2D eigenvalue weighted by Crippen LogP contribution is 2.25. The van der Waals surface area contributed by atoms with Crippen molar-refractivity contribution in [2.75, 3.05) is 0 Å². The number of ether oxygens (including phenoxy) is 1. The van der Waals surface area contributed by atoms with E-state index in [1.54, 1.807) is 12.1 Å². The SMILES string of the molecule is [N-]=[N+]=NC1Cc2ccccc2OC1=O. The van der Waals surface area contributed by atoms with E-state index in [1.807, 2.05) is 12.1 Å². The van der Waals surface area contributed by atoms with Crippen molar-refractivity contribution in [2.45, 2.75) is 12.5 Å². The smallest absolute Gasteiger partial charge is 0.320 e. The third-order valence-electron chi connectivity index (χ3n) is 2.06. The molecule has 0 spiro atoms. The summed E-state index contributed by atoms with van der Waals surface area (Å²) >= 11 is 0. The fourth-order valence-electron chi connectivity index (χ4n) is 1.39. The highest BCUT2D eigenvalue weighted by molar-refractivity contribution is 5.81. The van der Waals surface area contributed by atoms with Gasteiger partial charge in [-0.3, -0.25) is 4.79 Å². The summed E-state index contributed by atoms with van der Waals surface area (Å²) in [5.74, 6) is 0.0726. The number of para-hydroxylation sites is 1. The van der Waals surface area contributed by atoms with Gasteiger partial charge >= 0.3 is 5.97 Å². The lowest BCUT2D eigenvalue weighted by atomic mass is 10.0. The third kappa shape index (κ3) is 1.41. The molecule has 1 aliphatic rings. The van der Waals surface area contributed by atoms with Crippen molar-refractivity contribution in [2.24, 2.45) is 5.11 Å². The van der Waals surface area contributed by atoms with Crippen LogP contribution < -0.4 is 4.74 Å². The molecule has 70 valence electrons. The largest absolute Gasteiger partial charge is 0.426 e. The lowest BCUT2D eigenvalue weighted by Crippen LogP contribution is -2.30. The minimum absolute atomic E-state index is 0.416. The fraction of sp³-hybridized carbons (Fsp3) is 0.222. The highest BCUT2D eigenvalue weighted by atomic mass is 16.5. The van der Waals surface area contributed by atoms with Gasteiger partial charge in [0, 0.05) is 4.91 Å². The summed E-state index contributed by atoms with van der Waals surface area (Å²) in [6, 6.07) is 6.49. The molecule has 1 aromatic rings. The van der Waals surface area contributed by atoms with Gasteiger partial charge in [-0.1, -0.05) is 23.3 Å². The molecule has 2 rings (SSSR count). The van der Waals surface area contributed by atoms with E-state index in [-0.39, 0.29) is 0 Å². The molecule has 1 aromatic carbocycles. The van der Waals surface area contributed by atoms with Gasteiger partial charge in [-0.15, -0.1) is 0 Å². The zero-order valence-electron chi connectivity index (χ0n) is 7.25. The molecule has 5 nitrogen and oxygen atoms in total. The molecular formula is C9H7N3O2. The Morgan fingerprint density at radius 1 is 1.50 bits per heavy atom. The van der Waals surface area contributed by atoms with Gasteiger partial charge in [0.25, 0.3) is 0 Å². The molecular weight excluding hydrogens is 182 g/mol. The van der Waals surface area contributed by atoms with E-state index < -0.39 is 12.0 Å². The zero-order chi connectivity index (χ0) is 9.97. The summed E-state index contributed by atoms with van der Waals surface area (Å²) in [6.45, 7) is 0. The van der Waals surface area contributed by atoms with Crippen molar-refractivity contribution in [1.82, 2.24) is 0 Å². The molecule has 0 N–H and O–H groups in total. The molecule has 14 heavy (non-hydrogen) atoms. The fourth-order valence-corrected chi connectivity index (χ4v) is 1.39. The zero-order valence-corrected chi connectivity index (χ0v) is 7.25. The van der Waals surface area contributed by atoms with Gasteiger partial charge in [0.1, 0.15) is 11.8 Å². The number of hydrogen-bond acceptors (Lipinski definition) is 3. The monoisotopic (exact) mass is 189 g/mol. The number of benzene rings is 1. The molecule has 1 unspecified atom stereocenters. The molecule has 0 amide bonds. The molecule has 0 aliphatic carbocycles. The number of esters is 1. The molecule has 1 atom stereocenters. The van der Waals surface area contributed by atoms with Crippen molar-refractivity contribution in [3.63, 3.8) is 0 Å². The topological polar surface area (TPSA) is 75.1 Å². The predicted octanol–water partition coefficient (Wildman–Crippen LogP) is 1.83. The Kier molecular flexibility index (Phi) is 2.08. The summed E-state index contributed by atoms with van der Waals surface area (Å²) in [7, 11) is 0. The summed E-state index contributed by atoms with van der Waals surface area (Å²) in [6.07, 6.45) is 0.416. The van der Waals surface area contributed by atoms with Crippen LogP contribution in [0.25, 0.3) is 10.4 Å². The van der Waals surface area contributed by atoms with Crippen molar-refractivity contribution in [1.29, 1.82) is 0 Å². The van der Waals surface area contributed by atoms with Crippen LogP contribution in [-0.4, -0.2) is 12.0 Å². The Bertz CT molecular complexity index is 424. The second kappa shape index (κ2) is 3.40. The Morgan fingerprint density at radius 2 is 2.29 bits per heavy atom. The van der Waals surface area contributed by atoms with E-state index in [1.165, 1.54) is 0 Å². The van der Waals surface area contributed by atoms with Gasteiger partial charge in [0.15, 0.2) is 0 Å². The Hall–Kier alpha value is -2.00. The summed E-state index contributed by atoms with van der Waals surface area (Å²) in [4.78, 5) is 13.9. The minimum Gasteiger partial charge on any atom is -0.426 e. The number of hydrogen-bond donors (Lipinski definition) is 0. The lowest BCUT2D eigenvalue weighted by Gasteiger charge is -2.19. The Labute approximate surface area is 79.9 Å². The van der Waals surface area contributed by atoms with Gasteiger partial charge in [-0.05, 0) is 23.6 Å². The second-order valence-corrected chi connectivity index (χ2v) is 2.95. The van der Waals surface area contributed by atoms with Gasteiger partial charge in [-0.2, -0.15) is 0 Å². The van der Waals surface area contributed by atoms with Crippen LogP contribution in [0.1, 0.15) is 5.56 Å². The molecule has 1 aliphatic heterocycles. The Morgan fingerprint density at radius 3 is 3.07 bits per heavy atom. The molecule has 0 saturated heterocycles. The number of fused-ring (bicyclic) bond motifs is 1. The first-order valence-corrected chi connectivity index (χ1v) is 4.15. The predicted molar refractivity (Wildman–Crippen MR) is 48.7 cm³/mol. The second-order valence-electron chi connectivity index (χ2n) is 2.95. The van der Waals surface area contributed by atoms with Gasteiger partial charge < -0.3 is 4.74 Å². The van der Waals surface area contributed by atoms with E-state index in [0.717, 1.165) is 5.56 Å². The minimum atomic E-state index is -0.727. The molecule has 0 bridgehead atoms. The number of carbonyl (C=O) groups is 1. The normalized spacial score (nSPS) is 19.1. The average Bonchev–Trinajstić information content (AvgIpc) is 2.19. The number of rotatable bonds is 1. The molecule has 0 radical (unpaired) electrons. The van der Waals surface area contributed by atoms with Crippen molar-refractivity contribution in [3.8, 4) is 5.75 Å². The summed E-state index contributed by atoms with van der Waals surface area (Å²) < 4.78 is 4.99. The van der Waals surface area contributed by atoms with E-state index >= 15 is 0 Å². The number of azide groups is 1. The van der Waals surface area contributed by atoms with Crippen molar-refractivity contribution >= 4 is 5.97 Å². The van der Waals surface area contributed by atoms with Crippen LogP contribution in [0.15, 0.2) is 29.4 Å². The standard InChI is InChI=1S/C9H7N3O2/c10-12-11-7-5-6-3-1-2-4-8(6)14-9(7)13/h1-4,7H,5H2. The van der Waals surface area contributed by atoms with Crippen molar-refractivity contribution < 1.29 is 9.53 Å². The average molecular weight is 189 g/mol. The maximum absolute atomic E-state index is 11.3. The molecule has 0 fully saturated rings. The molecule has 0 saturated carbocycles. The quantitative estimate of drug-likeness (QED) is 0.222. The molecule has 0 aromatic heterocycles. The number of carbonyl (C=O) groups excluding carboxylic acids is 1. The van der Waals surface area contributed by atoms with Gasteiger partial charge in [0.2, 0.25) is 0 Å². The maximum atomic E-state index is 11.3. The molecule has 1 heterocycles. The van der Waals surface area contributed by atoms with E-state index in [0.29, 0.717) is 12.2 Å². The summed E-state index contributed by atoms with van der Waals surface area (Å²) in [5, 5.41) is 3.37. The van der Waals surface area contributed by atoms with Crippen molar-refractivity contribution in [3.05, 3.63) is 40.3 Å². The maximum Gasteiger partial charge on any atom is 0.320 e. The van der Waals surface area contributed by atoms with E-state index in [4.69, 9.17) is 10.3 Å². The van der Waals surface area contributed by atoms with E-state index in [9.17, 15) is 4.79 Å². The van der Waals surface area contributed by atoms with Crippen LogP contribution in [0.3, 0.4) is 0 Å². The van der Waals surface area contributed by atoms with Gasteiger partial charge in [0.05, 0.1) is 0 Å². The summed E-state index contributed by atoms with van der Waals surface area (Å²) in [5.41, 5.74) is 9.13.